The van der Waals surface area contributed by atoms with Crippen LogP contribution in [0.5, 0.6) is 0 Å². The van der Waals surface area contributed by atoms with Crippen LogP contribution < -0.4 is 0 Å². The van der Waals surface area contributed by atoms with Crippen molar-refractivity contribution >= 4 is 0 Å². The third kappa shape index (κ3) is 3.98. The minimum absolute atomic E-state index is 0.896. The summed E-state index contributed by atoms with van der Waals surface area (Å²) in [6.07, 6.45) is 15.1. The molecular weight excluding hydrogens is 184 g/mol. The van der Waals surface area contributed by atoms with Gasteiger partial charge in [-0.15, -0.1) is 0 Å². The zero-order valence-electron chi connectivity index (χ0n) is 9.84. The van der Waals surface area contributed by atoms with Gasteiger partial charge in [-0.1, -0.05) is 24.5 Å². The lowest BCUT2D eigenvalue weighted by Crippen LogP contribution is -2.27. The fourth-order valence-corrected chi connectivity index (χ4v) is 2.54. The highest BCUT2D eigenvalue weighted by atomic mass is 16.5. The molecule has 0 atom stereocenters. The van der Waals surface area contributed by atoms with Crippen LogP contribution in [0.15, 0.2) is 11.6 Å². The highest BCUT2D eigenvalue weighted by Gasteiger charge is 2.16. The summed E-state index contributed by atoms with van der Waals surface area (Å²) >= 11 is 0. The van der Waals surface area contributed by atoms with Crippen LogP contribution in [-0.2, 0) is 4.74 Å². The molecular formula is C14H24O. The maximum atomic E-state index is 5.18. The first-order valence-electron chi connectivity index (χ1n) is 6.71. The lowest BCUT2D eigenvalue weighted by molar-refractivity contribution is -0.0363. The Morgan fingerprint density at radius 2 is 1.87 bits per heavy atom. The molecule has 0 aromatic carbocycles. The van der Waals surface area contributed by atoms with Gasteiger partial charge in [0.05, 0.1) is 13.2 Å². The molecule has 0 amide bonds. The van der Waals surface area contributed by atoms with E-state index in [9.17, 15) is 0 Å². The Morgan fingerprint density at radius 3 is 2.53 bits per heavy atom. The number of rotatable bonds is 5. The van der Waals surface area contributed by atoms with Gasteiger partial charge >= 0.3 is 0 Å². The van der Waals surface area contributed by atoms with Crippen molar-refractivity contribution in [3.8, 4) is 0 Å². The van der Waals surface area contributed by atoms with Crippen molar-refractivity contribution in [1.29, 1.82) is 0 Å². The maximum Gasteiger partial charge on any atom is 0.0516 e. The molecule has 1 saturated carbocycles. The summed E-state index contributed by atoms with van der Waals surface area (Å²) in [5.74, 6) is 0.896. The van der Waals surface area contributed by atoms with E-state index in [1.807, 2.05) is 0 Å². The predicted molar refractivity (Wildman–Crippen MR) is 63.9 cm³/mol. The largest absolute Gasteiger partial charge is 0.381 e. The Bertz CT molecular complexity index is 195. The van der Waals surface area contributed by atoms with Crippen LogP contribution in [0.1, 0.15) is 57.8 Å². The average Bonchev–Trinajstić information content (AvgIpc) is 2.22. The third-order valence-corrected chi connectivity index (χ3v) is 3.70. The van der Waals surface area contributed by atoms with Crippen molar-refractivity contribution in [2.45, 2.75) is 57.8 Å². The Labute approximate surface area is 93.9 Å². The fourth-order valence-electron chi connectivity index (χ4n) is 2.54. The average molecular weight is 208 g/mol. The van der Waals surface area contributed by atoms with E-state index in [1.165, 1.54) is 57.8 Å². The standard InChI is InChI=1S/C14H24O/c1-3-7-13(8-4-1)9-5-2-6-10-14-11-15-12-14/h9,14H,1-8,10-12H2. The van der Waals surface area contributed by atoms with E-state index >= 15 is 0 Å². The van der Waals surface area contributed by atoms with Crippen LogP contribution >= 0.6 is 0 Å². The molecule has 0 spiro atoms. The third-order valence-electron chi connectivity index (χ3n) is 3.70. The molecule has 2 aliphatic rings. The van der Waals surface area contributed by atoms with Crippen molar-refractivity contribution in [2.75, 3.05) is 13.2 Å². The van der Waals surface area contributed by atoms with Gasteiger partial charge in [0.1, 0.15) is 0 Å². The second-order valence-electron chi connectivity index (χ2n) is 5.11. The lowest BCUT2D eigenvalue weighted by Gasteiger charge is -2.25. The molecule has 1 saturated heterocycles. The highest BCUT2D eigenvalue weighted by Crippen LogP contribution is 2.24. The molecule has 1 nitrogen and oxygen atoms in total. The zero-order valence-corrected chi connectivity index (χ0v) is 9.84. The molecule has 86 valence electrons. The molecule has 0 radical (unpaired) electrons. The van der Waals surface area contributed by atoms with Crippen LogP contribution in [0, 0.1) is 5.92 Å². The number of hydrogen-bond donors (Lipinski definition) is 0. The Balaban J connectivity index is 1.49. The van der Waals surface area contributed by atoms with Gasteiger partial charge in [0.2, 0.25) is 0 Å². The van der Waals surface area contributed by atoms with Crippen molar-refractivity contribution in [3.05, 3.63) is 11.6 Å². The van der Waals surface area contributed by atoms with E-state index in [-0.39, 0.29) is 0 Å². The topological polar surface area (TPSA) is 9.23 Å². The lowest BCUT2D eigenvalue weighted by atomic mass is 9.93. The van der Waals surface area contributed by atoms with Gasteiger partial charge in [0.25, 0.3) is 0 Å². The molecule has 0 aromatic heterocycles. The number of allylic oxidation sites excluding steroid dienone is 2. The van der Waals surface area contributed by atoms with Gasteiger partial charge in [-0.25, -0.2) is 0 Å². The van der Waals surface area contributed by atoms with Crippen molar-refractivity contribution in [2.24, 2.45) is 5.92 Å². The summed E-state index contributed by atoms with van der Waals surface area (Å²) in [7, 11) is 0. The number of ether oxygens (including phenoxy) is 1. The van der Waals surface area contributed by atoms with E-state index in [2.05, 4.69) is 6.08 Å². The monoisotopic (exact) mass is 208 g/mol. The molecule has 15 heavy (non-hydrogen) atoms. The Morgan fingerprint density at radius 1 is 1.07 bits per heavy atom. The van der Waals surface area contributed by atoms with Crippen LogP contribution in [0.3, 0.4) is 0 Å². The van der Waals surface area contributed by atoms with E-state index in [4.69, 9.17) is 4.74 Å². The minimum atomic E-state index is 0.896. The molecule has 0 bridgehead atoms. The fraction of sp³-hybridized carbons (Fsp3) is 0.857. The van der Waals surface area contributed by atoms with Crippen LogP contribution in [0.2, 0.25) is 0 Å². The first-order valence-corrected chi connectivity index (χ1v) is 6.71. The summed E-state index contributed by atoms with van der Waals surface area (Å²) in [6.45, 7) is 2.06. The summed E-state index contributed by atoms with van der Waals surface area (Å²) in [6, 6.07) is 0. The van der Waals surface area contributed by atoms with E-state index in [0.717, 1.165) is 19.1 Å². The van der Waals surface area contributed by atoms with Gasteiger partial charge in [-0.2, -0.15) is 0 Å². The van der Waals surface area contributed by atoms with Crippen LogP contribution in [-0.4, -0.2) is 13.2 Å². The van der Waals surface area contributed by atoms with Crippen molar-refractivity contribution in [3.63, 3.8) is 0 Å². The molecule has 1 heterocycles. The molecule has 0 N–H and O–H groups in total. The molecule has 2 rings (SSSR count). The SMILES string of the molecule is C(CCCCC1COC1)=C1CCCCC1. The second-order valence-corrected chi connectivity index (χ2v) is 5.11. The molecule has 2 fully saturated rings. The number of hydrogen-bond acceptors (Lipinski definition) is 1. The summed E-state index contributed by atoms with van der Waals surface area (Å²) < 4.78 is 5.18. The van der Waals surface area contributed by atoms with E-state index in [1.54, 1.807) is 5.57 Å². The Kier molecular flexibility index (Phi) is 4.72. The van der Waals surface area contributed by atoms with Gasteiger partial charge in [0, 0.05) is 5.92 Å². The number of unbranched alkanes of at least 4 members (excludes halogenated alkanes) is 2. The first-order chi connectivity index (χ1) is 7.45. The van der Waals surface area contributed by atoms with Crippen LogP contribution in [0.4, 0.5) is 0 Å². The maximum absolute atomic E-state index is 5.18. The second kappa shape index (κ2) is 6.32. The van der Waals surface area contributed by atoms with Crippen molar-refractivity contribution < 1.29 is 4.74 Å². The van der Waals surface area contributed by atoms with E-state index in [0.29, 0.717) is 0 Å². The minimum Gasteiger partial charge on any atom is -0.381 e. The zero-order chi connectivity index (χ0) is 10.3. The van der Waals surface area contributed by atoms with Gasteiger partial charge in [-0.05, 0) is 44.9 Å². The molecule has 1 aliphatic carbocycles. The van der Waals surface area contributed by atoms with Gasteiger partial charge < -0.3 is 4.74 Å². The summed E-state index contributed by atoms with van der Waals surface area (Å²) in [4.78, 5) is 0. The predicted octanol–water partition coefficient (Wildman–Crippen LogP) is 4.08. The highest BCUT2D eigenvalue weighted by molar-refractivity contribution is 5.03. The Hall–Kier alpha value is -0.300. The smallest absolute Gasteiger partial charge is 0.0516 e. The normalized spacial score (nSPS) is 22.5. The van der Waals surface area contributed by atoms with Crippen molar-refractivity contribution in [1.82, 2.24) is 0 Å². The quantitative estimate of drug-likeness (QED) is 0.488. The molecule has 1 heteroatoms. The van der Waals surface area contributed by atoms with Gasteiger partial charge in [0.15, 0.2) is 0 Å². The van der Waals surface area contributed by atoms with E-state index < -0.39 is 0 Å². The first kappa shape index (κ1) is 11.2. The van der Waals surface area contributed by atoms with Gasteiger partial charge in [-0.3, -0.25) is 0 Å². The molecule has 0 unspecified atom stereocenters. The molecule has 0 aromatic rings. The molecule has 1 aliphatic heterocycles. The van der Waals surface area contributed by atoms with Crippen LogP contribution in [0.25, 0.3) is 0 Å². The summed E-state index contributed by atoms with van der Waals surface area (Å²) in [5.41, 5.74) is 1.74. The summed E-state index contributed by atoms with van der Waals surface area (Å²) in [5, 5.41) is 0.